The summed E-state index contributed by atoms with van der Waals surface area (Å²) in [7, 11) is 1.60. The summed E-state index contributed by atoms with van der Waals surface area (Å²) in [6.07, 6.45) is 0. The first-order valence-electron chi connectivity index (χ1n) is 5.73. The molecule has 0 saturated carbocycles. The van der Waals surface area contributed by atoms with E-state index in [9.17, 15) is 0 Å². The van der Waals surface area contributed by atoms with Crippen molar-refractivity contribution in [3.63, 3.8) is 0 Å². The van der Waals surface area contributed by atoms with Crippen molar-refractivity contribution in [2.24, 2.45) is 0 Å². The molecule has 2 aromatic carbocycles. The minimum atomic E-state index is 0.539. The fourth-order valence-corrected chi connectivity index (χ4v) is 2.52. The lowest BCUT2D eigenvalue weighted by Crippen LogP contribution is -1.92. The van der Waals surface area contributed by atoms with Crippen molar-refractivity contribution < 1.29 is 9.47 Å². The molecule has 0 bridgehead atoms. The van der Waals surface area contributed by atoms with E-state index < -0.39 is 0 Å². The molecular formula is C14H12N2O2S. The highest BCUT2D eigenvalue weighted by Crippen LogP contribution is 2.36. The third kappa shape index (κ3) is 2.20. The molecule has 3 aromatic rings. The summed E-state index contributed by atoms with van der Waals surface area (Å²) in [5, 5.41) is 1.73. The van der Waals surface area contributed by atoms with Crippen LogP contribution in [0.2, 0.25) is 0 Å². The zero-order chi connectivity index (χ0) is 13.2. The van der Waals surface area contributed by atoms with Gasteiger partial charge < -0.3 is 15.2 Å². The van der Waals surface area contributed by atoms with Gasteiger partial charge in [0.2, 0.25) is 5.06 Å². The molecule has 0 atom stereocenters. The lowest BCUT2D eigenvalue weighted by Gasteiger charge is -2.08. The largest absolute Gasteiger partial charge is 0.497 e. The van der Waals surface area contributed by atoms with Crippen LogP contribution in [-0.2, 0) is 0 Å². The molecule has 3 rings (SSSR count). The first kappa shape index (κ1) is 11.8. The number of nitrogens with two attached hydrogens (primary N) is 1. The molecule has 0 spiro atoms. The number of aromatic nitrogens is 1. The predicted molar refractivity (Wildman–Crippen MR) is 77.1 cm³/mol. The lowest BCUT2D eigenvalue weighted by molar-refractivity contribution is 0.413. The van der Waals surface area contributed by atoms with Gasteiger partial charge in [-0.3, -0.25) is 0 Å². The van der Waals surface area contributed by atoms with E-state index in [1.165, 1.54) is 11.5 Å². The van der Waals surface area contributed by atoms with E-state index in [4.69, 9.17) is 15.2 Å². The molecule has 0 aliphatic heterocycles. The van der Waals surface area contributed by atoms with Crippen LogP contribution in [0.4, 0.5) is 5.69 Å². The van der Waals surface area contributed by atoms with Crippen LogP contribution in [0.5, 0.6) is 16.6 Å². The van der Waals surface area contributed by atoms with Crippen LogP contribution in [0.3, 0.4) is 0 Å². The Balaban J connectivity index is 1.97. The zero-order valence-corrected chi connectivity index (χ0v) is 11.1. The Labute approximate surface area is 114 Å². The van der Waals surface area contributed by atoms with Crippen molar-refractivity contribution in [1.29, 1.82) is 0 Å². The molecule has 0 saturated heterocycles. The SMILES string of the molecule is COc1ccc(Oc2snc3ccccc23)c(N)c1. The molecule has 96 valence electrons. The highest BCUT2D eigenvalue weighted by molar-refractivity contribution is 7.09. The van der Waals surface area contributed by atoms with Gasteiger partial charge in [0.15, 0.2) is 5.75 Å². The van der Waals surface area contributed by atoms with Crippen molar-refractivity contribution in [3.8, 4) is 16.6 Å². The van der Waals surface area contributed by atoms with Gasteiger partial charge >= 0.3 is 0 Å². The average Bonchev–Trinajstić information content (AvgIpc) is 2.84. The molecule has 0 radical (unpaired) electrons. The van der Waals surface area contributed by atoms with Crippen molar-refractivity contribution in [1.82, 2.24) is 4.37 Å². The van der Waals surface area contributed by atoms with E-state index in [0.717, 1.165) is 16.0 Å². The first-order chi connectivity index (χ1) is 9.28. The molecule has 1 aromatic heterocycles. The summed E-state index contributed by atoms with van der Waals surface area (Å²) < 4.78 is 15.3. The second-order valence-electron chi connectivity index (χ2n) is 3.99. The summed E-state index contributed by atoms with van der Waals surface area (Å²) in [5.74, 6) is 1.31. The number of ether oxygens (including phenoxy) is 2. The van der Waals surface area contributed by atoms with Gasteiger partial charge in [-0.05, 0) is 24.3 Å². The molecule has 0 aliphatic carbocycles. The van der Waals surface area contributed by atoms with E-state index in [1.807, 2.05) is 30.3 Å². The highest BCUT2D eigenvalue weighted by atomic mass is 32.1. The standard InChI is InChI=1S/C14H12N2O2S/c1-17-9-6-7-13(11(15)8-9)18-14-10-4-2-3-5-12(10)16-19-14/h2-8H,15H2,1H3. The fraction of sp³-hybridized carbons (Fsp3) is 0.0714. The quantitative estimate of drug-likeness (QED) is 0.739. The summed E-state index contributed by atoms with van der Waals surface area (Å²) in [5.41, 5.74) is 7.40. The monoisotopic (exact) mass is 272 g/mol. The summed E-state index contributed by atoms with van der Waals surface area (Å²) in [6, 6.07) is 13.2. The Morgan fingerprint density at radius 2 is 2.00 bits per heavy atom. The topological polar surface area (TPSA) is 57.4 Å². The third-order valence-corrected chi connectivity index (χ3v) is 3.53. The van der Waals surface area contributed by atoms with Crippen LogP contribution < -0.4 is 15.2 Å². The number of fused-ring (bicyclic) bond motifs is 1. The van der Waals surface area contributed by atoms with Gasteiger partial charge in [0.05, 0.1) is 23.7 Å². The number of nitrogen functional groups attached to an aromatic ring is 1. The molecule has 0 aliphatic rings. The van der Waals surface area contributed by atoms with Gasteiger partial charge in [-0.2, -0.15) is 4.37 Å². The number of hydrogen-bond donors (Lipinski definition) is 1. The van der Waals surface area contributed by atoms with Crippen LogP contribution >= 0.6 is 11.5 Å². The van der Waals surface area contributed by atoms with E-state index >= 15 is 0 Å². The Morgan fingerprint density at radius 1 is 1.16 bits per heavy atom. The molecule has 4 nitrogen and oxygen atoms in total. The predicted octanol–water partition coefficient (Wildman–Crippen LogP) is 3.68. The van der Waals surface area contributed by atoms with Crippen LogP contribution in [0, 0.1) is 0 Å². The normalized spacial score (nSPS) is 10.6. The number of hydrogen-bond acceptors (Lipinski definition) is 5. The molecule has 0 amide bonds. The minimum absolute atomic E-state index is 0.539. The molecule has 2 N–H and O–H groups in total. The Bertz CT molecular complexity index is 724. The van der Waals surface area contributed by atoms with Gasteiger partial charge in [-0.15, -0.1) is 0 Å². The minimum Gasteiger partial charge on any atom is -0.497 e. The van der Waals surface area contributed by atoms with Crippen molar-refractivity contribution >= 4 is 28.1 Å². The van der Waals surface area contributed by atoms with E-state index in [0.29, 0.717) is 17.2 Å². The maximum absolute atomic E-state index is 5.94. The smallest absolute Gasteiger partial charge is 0.208 e. The van der Waals surface area contributed by atoms with Gasteiger partial charge in [0.1, 0.15) is 5.75 Å². The Hall–Kier alpha value is -2.27. The van der Waals surface area contributed by atoms with Gasteiger partial charge in [-0.25, -0.2) is 0 Å². The van der Waals surface area contributed by atoms with Crippen LogP contribution in [0.15, 0.2) is 42.5 Å². The van der Waals surface area contributed by atoms with E-state index in [-0.39, 0.29) is 0 Å². The van der Waals surface area contributed by atoms with E-state index in [1.54, 1.807) is 19.2 Å². The number of anilines is 1. The Morgan fingerprint density at radius 3 is 2.79 bits per heavy atom. The van der Waals surface area contributed by atoms with Crippen molar-refractivity contribution in [2.45, 2.75) is 0 Å². The number of nitrogens with zero attached hydrogens (tertiary/aromatic N) is 1. The molecule has 0 unspecified atom stereocenters. The first-order valence-corrected chi connectivity index (χ1v) is 6.51. The highest BCUT2D eigenvalue weighted by Gasteiger charge is 2.10. The van der Waals surface area contributed by atoms with Gasteiger partial charge in [-0.1, -0.05) is 12.1 Å². The van der Waals surface area contributed by atoms with Crippen molar-refractivity contribution in [3.05, 3.63) is 42.5 Å². The fourth-order valence-electron chi connectivity index (χ4n) is 1.79. The van der Waals surface area contributed by atoms with E-state index in [2.05, 4.69) is 4.37 Å². The van der Waals surface area contributed by atoms with Crippen LogP contribution in [0.1, 0.15) is 0 Å². The third-order valence-electron chi connectivity index (χ3n) is 2.77. The zero-order valence-electron chi connectivity index (χ0n) is 10.3. The molecular weight excluding hydrogens is 260 g/mol. The summed E-state index contributed by atoms with van der Waals surface area (Å²) in [4.78, 5) is 0. The maximum Gasteiger partial charge on any atom is 0.208 e. The number of benzene rings is 2. The van der Waals surface area contributed by atoms with Gasteiger partial charge in [0.25, 0.3) is 0 Å². The molecule has 19 heavy (non-hydrogen) atoms. The molecule has 5 heteroatoms. The van der Waals surface area contributed by atoms with Crippen molar-refractivity contribution in [2.75, 3.05) is 12.8 Å². The van der Waals surface area contributed by atoms with Crippen LogP contribution in [0.25, 0.3) is 10.9 Å². The number of rotatable bonds is 3. The Kier molecular flexibility index (Phi) is 2.97. The lowest BCUT2D eigenvalue weighted by atomic mass is 10.2. The second-order valence-corrected chi connectivity index (χ2v) is 4.73. The van der Waals surface area contributed by atoms with Crippen LogP contribution in [-0.4, -0.2) is 11.5 Å². The summed E-state index contributed by atoms with van der Waals surface area (Å²) in [6.45, 7) is 0. The average molecular weight is 272 g/mol. The summed E-state index contributed by atoms with van der Waals surface area (Å²) >= 11 is 1.32. The molecule has 0 fully saturated rings. The van der Waals surface area contributed by atoms with Gasteiger partial charge in [0, 0.05) is 17.6 Å². The second kappa shape index (κ2) is 4.78. The molecule has 1 heterocycles. The number of methoxy groups -OCH3 is 1. The maximum atomic E-state index is 5.94.